The van der Waals surface area contributed by atoms with E-state index in [4.69, 9.17) is 9.47 Å². The van der Waals surface area contributed by atoms with E-state index >= 15 is 0 Å². The molecule has 0 aliphatic carbocycles. The van der Waals surface area contributed by atoms with Crippen molar-refractivity contribution in [3.63, 3.8) is 0 Å². The number of nitrogens with one attached hydrogen (secondary N) is 1. The van der Waals surface area contributed by atoms with Crippen molar-refractivity contribution < 1.29 is 9.47 Å². The number of ether oxygens (including phenoxy) is 2. The first-order chi connectivity index (χ1) is 10.3. The summed E-state index contributed by atoms with van der Waals surface area (Å²) in [5.74, 6) is 1.69. The summed E-state index contributed by atoms with van der Waals surface area (Å²) in [6, 6.07) is 6.86. The second-order valence-electron chi connectivity index (χ2n) is 5.36. The van der Waals surface area contributed by atoms with E-state index in [1.807, 2.05) is 19.9 Å². The van der Waals surface area contributed by atoms with E-state index in [1.54, 1.807) is 0 Å². The normalized spacial score (nSPS) is 19.2. The number of hydrogen-bond acceptors (Lipinski definition) is 4. The van der Waals surface area contributed by atoms with Gasteiger partial charge in [-0.15, -0.1) is 0 Å². The minimum Gasteiger partial charge on any atom is -0.490 e. The van der Waals surface area contributed by atoms with Crippen molar-refractivity contribution in [3.05, 3.63) is 18.2 Å². The molecule has 1 saturated heterocycles. The lowest BCUT2D eigenvalue weighted by atomic mass is 10.2. The van der Waals surface area contributed by atoms with E-state index < -0.39 is 0 Å². The molecule has 0 radical (unpaired) electrons. The van der Waals surface area contributed by atoms with Crippen LogP contribution in [0.25, 0.3) is 0 Å². The van der Waals surface area contributed by atoms with Crippen LogP contribution in [0.1, 0.15) is 33.6 Å². The summed E-state index contributed by atoms with van der Waals surface area (Å²) in [5, 5.41) is 3.60. The highest BCUT2D eigenvalue weighted by atomic mass is 16.5. The molecule has 1 atom stereocenters. The molecular weight excluding hydrogens is 264 g/mol. The third kappa shape index (κ3) is 4.27. The summed E-state index contributed by atoms with van der Waals surface area (Å²) in [6.07, 6.45) is 2.33. The summed E-state index contributed by atoms with van der Waals surface area (Å²) in [6.45, 7) is 10.8. The molecule has 1 heterocycles. The van der Waals surface area contributed by atoms with Crippen LogP contribution >= 0.6 is 0 Å². The van der Waals surface area contributed by atoms with Crippen LogP contribution in [0.2, 0.25) is 0 Å². The Morgan fingerprint density at radius 3 is 2.62 bits per heavy atom. The third-order valence-electron chi connectivity index (χ3n) is 3.86. The highest BCUT2D eigenvalue weighted by molar-refractivity contribution is 5.56. The average molecular weight is 292 g/mol. The maximum Gasteiger partial charge on any atom is 0.163 e. The average Bonchev–Trinajstić information content (AvgIpc) is 2.75. The zero-order valence-electron chi connectivity index (χ0n) is 13.5. The predicted octanol–water partition coefficient (Wildman–Crippen LogP) is 3.06. The van der Waals surface area contributed by atoms with Gasteiger partial charge in [0.05, 0.1) is 13.2 Å². The molecule has 1 aliphatic rings. The molecular formula is C17H28N2O2. The fourth-order valence-corrected chi connectivity index (χ4v) is 2.74. The van der Waals surface area contributed by atoms with Crippen molar-refractivity contribution >= 4 is 5.69 Å². The van der Waals surface area contributed by atoms with Crippen molar-refractivity contribution in [2.75, 3.05) is 37.7 Å². The first-order valence-corrected chi connectivity index (χ1v) is 8.16. The van der Waals surface area contributed by atoms with Gasteiger partial charge in [-0.2, -0.15) is 0 Å². The molecule has 1 aromatic carbocycles. The maximum absolute atomic E-state index is 5.74. The van der Waals surface area contributed by atoms with Crippen LogP contribution < -0.4 is 19.7 Å². The van der Waals surface area contributed by atoms with E-state index in [-0.39, 0.29) is 0 Å². The monoisotopic (exact) mass is 292 g/mol. The Balaban J connectivity index is 2.19. The quantitative estimate of drug-likeness (QED) is 0.873. The van der Waals surface area contributed by atoms with E-state index in [2.05, 4.69) is 29.3 Å². The number of rotatable bonds is 6. The molecule has 1 unspecified atom stereocenters. The van der Waals surface area contributed by atoms with Gasteiger partial charge in [0.1, 0.15) is 0 Å². The van der Waals surface area contributed by atoms with Gasteiger partial charge in [0, 0.05) is 30.9 Å². The largest absolute Gasteiger partial charge is 0.490 e. The fraction of sp³-hybridized carbons (Fsp3) is 0.647. The van der Waals surface area contributed by atoms with Gasteiger partial charge < -0.3 is 19.7 Å². The molecule has 0 spiro atoms. The van der Waals surface area contributed by atoms with Crippen molar-refractivity contribution in [1.29, 1.82) is 0 Å². The molecule has 0 aromatic heterocycles. The lowest BCUT2D eigenvalue weighted by molar-refractivity contribution is 0.288. The van der Waals surface area contributed by atoms with Crippen molar-refractivity contribution in [3.8, 4) is 11.5 Å². The van der Waals surface area contributed by atoms with E-state index in [1.165, 1.54) is 12.1 Å². The maximum atomic E-state index is 5.74. The molecule has 1 fully saturated rings. The zero-order valence-corrected chi connectivity index (χ0v) is 13.5. The van der Waals surface area contributed by atoms with Crippen LogP contribution in [0.15, 0.2) is 18.2 Å². The van der Waals surface area contributed by atoms with Crippen LogP contribution in [0, 0.1) is 0 Å². The van der Waals surface area contributed by atoms with Gasteiger partial charge in [0.15, 0.2) is 11.5 Å². The summed E-state index contributed by atoms with van der Waals surface area (Å²) in [4.78, 5) is 2.45. The Bertz CT molecular complexity index is 437. The molecule has 4 nitrogen and oxygen atoms in total. The van der Waals surface area contributed by atoms with Crippen LogP contribution in [0.3, 0.4) is 0 Å². The summed E-state index contributed by atoms with van der Waals surface area (Å²) in [5.41, 5.74) is 1.23. The molecule has 1 aliphatic heterocycles. The van der Waals surface area contributed by atoms with Gasteiger partial charge in [0.2, 0.25) is 0 Å². The first kappa shape index (κ1) is 16.0. The molecule has 1 N–H and O–H groups in total. The molecule has 0 amide bonds. The Morgan fingerprint density at radius 1 is 1.14 bits per heavy atom. The number of anilines is 1. The Hall–Kier alpha value is -1.42. The fourth-order valence-electron chi connectivity index (χ4n) is 2.74. The van der Waals surface area contributed by atoms with E-state index in [9.17, 15) is 0 Å². The standard InChI is InChI=1S/C17H28N2O2/c1-4-14-13-19(11-7-10-18-14)15-8-9-16(20-5-2)17(12-15)21-6-3/h8-9,12,14,18H,4-7,10-11,13H2,1-3H3. The molecule has 118 valence electrons. The van der Waals surface area contributed by atoms with Gasteiger partial charge in [-0.1, -0.05) is 6.92 Å². The van der Waals surface area contributed by atoms with E-state index in [0.717, 1.165) is 37.6 Å². The van der Waals surface area contributed by atoms with Gasteiger partial charge in [0.25, 0.3) is 0 Å². The summed E-state index contributed by atoms with van der Waals surface area (Å²) >= 11 is 0. The molecule has 2 rings (SSSR count). The molecule has 0 bridgehead atoms. The van der Waals surface area contributed by atoms with Crippen LogP contribution in [-0.4, -0.2) is 38.9 Å². The highest BCUT2D eigenvalue weighted by Crippen LogP contribution is 2.32. The Morgan fingerprint density at radius 2 is 1.90 bits per heavy atom. The van der Waals surface area contributed by atoms with Gasteiger partial charge in [-0.3, -0.25) is 0 Å². The second kappa shape index (κ2) is 8.13. The van der Waals surface area contributed by atoms with Crippen molar-refractivity contribution in [2.45, 2.75) is 39.7 Å². The summed E-state index contributed by atoms with van der Waals surface area (Å²) in [7, 11) is 0. The van der Waals surface area contributed by atoms with Crippen LogP contribution in [0.4, 0.5) is 5.69 Å². The predicted molar refractivity (Wildman–Crippen MR) is 87.7 cm³/mol. The molecule has 21 heavy (non-hydrogen) atoms. The second-order valence-corrected chi connectivity index (χ2v) is 5.36. The van der Waals surface area contributed by atoms with E-state index in [0.29, 0.717) is 19.3 Å². The lowest BCUT2D eigenvalue weighted by Gasteiger charge is -2.26. The Kier molecular flexibility index (Phi) is 6.18. The zero-order chi connectivity index (χ0) is 15.1. The Labute approximate surface area is 128 Å². The lowest BCUT2D eigenvalue weighted by Crippen LogP contribution is -2.37. The SMILES string of the molecule is CCOc1ccc(N2CCCNC(CC)C2)cc1OCC. The number of hydrogen-bond donors (Lipinski definition) is 1. The topological polar surface area (TPSA) is 33.7 Å². The minimum absolute atomic E-state index is 0.564. The van der Waals surface area contributed by atoms with Gasteiger partial charge >= 0.3 is 0 Å². The number of benzene rings is 1. The van der Waals surface area contributed by atoms with Crippen LogP contribution in [-0.2, 0) is 0 Å². The van der Waals surface area contributed by atoms with Gasteiger partial charge in [-0.05, 0) is 45.4 Å². The van der Waals surface area contributed by atoms with Crippen LogP contribution in [0.5, 0.6) is 11.5 Å². The smallest absolute Gasteiger partial charge is 0.163 e. The first-order valence-electron chi connectivity index (χ1n) is 8.16. The number of nitrogens with zero attached hydrogens (tertiary/aromatic N) is 1. The molecule has 0 saturated carbocycles. The summed E-state index contributed by atoms with van der Waals surface area (Å²) < 4.78 is 11.4. The van der Waals surface area contributed by atoms with Crippen molar-refractivity contribution in [2.24, 2.45) is 0 Å². The van der Waals surface area contributed by atoms with Gasteiger partial charge in [-0.25, -0.2) is 0 Å². The highest BCUT2D eigenvalue weighted by Gasteiger charge is 2.18. The third-order valence-corrected chi connectivity index (χ3v) is 3.86. The van der Waals surface area contributed by atoms with Crippen molar-refractivity contribution in [1.82, 2.24) is 5.32 Å². The molecule has 4 heteroatoms. The molecule has 1 aromatic rings. The minimum atomic E-state index is 0.564.